The lowest BCUT2D eigenvalue weighted by Crippen LogP contribution is -2.11. The number of carbonyl (C=O) groups is 1. The van der Waals surface area contributed by atoms with Gasteiger partial charge in [-0.05, 0) is 48.1 Å². The SMILES string of the molecule is Cc1cc(Cl)c(C(=O)c2ccc(C(C)(C)C)cc2)cc1C. The molecule has 0 aliphatic heterocycles. The van der Waals surface area contributed by atoms with Gasteiger partial charge in [-0.25, -0.2) is 0 Å². The maximum absolute atomic E-state index is 12.6. The normalized spacial score (nSPS) is 11.5. The van der Waals surface area contributed by atoms with Crippen molar-refractivity contribution in [3.8, 4) is 0 Å². The minimum Gasteiger partial charge on any atom is -0.289 e. The van der Waals surface area contributed by atoms with Crippen LogP contribution >= 0.6 is 11.6 Å². The van der Waals surface area contributed by atoms with Crippen LogP contribution in [-0.2, 0) is 5.41 Å². The Bertz CT molecular complexity index is 676. The van der Waals surface area contributed by atoms with Crippen LogP contribution in [0.15, 0.2) is 36.4 Å². The van der Waals surface area contributed by atoms with Crippen LogP contribution in [-0.4, -0.2) is 5.78 Å². The predicted molar refractivity (Wildman–Crippen MR) is 89.5 cm³/mol. The maximum atomic E-state index is 12.6. The summed E-state index contributed by atoms with van der Waals surface area (Å²) < 4.78 is 0. The summed E-state index contributed by atoms with van der Waals surface area (Å²) in [4.78, 5) is 12.6. The summed E-state index contributed by atoms with van der Waals surface area (Å²) in [7, 11) is 0. The second-order valence-corrected chi connectivity index (χ2v) is 6.98. The summed E-state index contributed by atoms with van der Waals surface area (Å²) in [5.41, 5.74) is 4.72. The van der Waals surface area contributed by atoms with E-state index < -0.39 is 0 Å². The third kappa shape index (κ3) is 3.36. The van der Waals surface area contributed by atoms with Gasteiger partial charge in [0.1, 0.15) is 0 Å². The topological polar surface area (TPSA) is 17.1 Å². The molecule has 0 atom stereocenters. The molecule has 0 radical (unpaired) electrons. The highest BCUT2D eigenvalue weighted by molar-refractivity contribution is 6.35. The van der Waals surface area contributed by atoms with Crippen LogP contribution in [0.3, 0.4) is 0 Å². The molecular formula is C19H21ClO. The van der Waals surface area contributed by atoms with Gasteiger partial charge in [0.05, 0.1) is 5.02 Å². The van der Waals surface area contributed by atoms with E-state index in [4.69, 9.17) is 11.6 Å². The second-order valence-electron chi connectivity index (χ2n) is 6.57. The van der Waals surface area contributed by atoms with Crippen molar-refractivity contribution >= 4 is 17.4 Å². The Morgan fingerprint density at radius 3 is 2.00 bits per heavy atom. The minimum atomic E-state index is -0.0245. The second kappa shape index (κ2) is 5.65. The molecule has 0 aliphatic rings. The van der Waals surface area contributed by atoms with Gasteiger partial charge in [-0.2, -0.15) is 0 Å². The van der Waals surface area contributed by atoms with E-state index in [2.05, 4.69) is 20.8 Å². The van der Waals surface area contributed by atoms with E-state index in [9.17, 15) is 4.79 Å². The summed E-state index contributed by atoms with van der Waals surface area (Å²) in [6.07, 6.45) is 0. The van der Waals surface area contributed by atoms with Crippen LogP contribution < -0.4 is 0 Å². The molecule has 0 aromatic heterocycles. The molecule has 2 aromatic rings. The Labute approximate surface area is 132 Å². The van der Waals surface area contributed by atoms with Gasteiger partial charge >= 0.3 is 0 Å². The molecule has 2 heteroatoms. The summed E-state index contributed by atoms with van der Waals surface area (Å²) in [5, 5.41) is 0.517. The molecule has 0 aliphatic carbocycles. The summed E-state index contributed by atoms with van der Waals surface area (Å²) in [5.74, 6) is -0.0245. The van der Waals surface area contributed by atoms with E-state index in [1.54, 1.807) is 0 Å². The molecule has 0 heterocycles. The molecule has 1 nitrogen and oxygen atoms in total. The lowest BCUT2D eigenvalue weighted by Gasteiger charge is -2.19. The van der Waals surface area contributed by atoms with E-state index in [-0.39, 0.29) is 11.2 Å². The van der Waals surface area contributed by atoms with Crippen molar-refractivity contribution in [1.82, 2.24) is 0 Å². The van der Waals surface area contributed by atoms with Crippen molar-refractivity contribution in [3.63, 3.8) is 0 Å². The minimum absolute atomic E-state index is 0.0245. The van der Waals surface area contributed by atoms with Crippen molar-refractivity contribution in [2.75, 3.05) is 0 Å². The monoisotopic (exact) mass is 300 g/mol. The lowest BCUT2D eigenvalue weighted by molar-refractivity contribution is 0.103. The molecule has 2 aromatic carbocycles. The smallest absolute Gasteiger partial charge is 0.194 e. The maximum Gasteiger partial charge on any atom is 0.194 e. The number of carbonyl (C=O) groups excluding carboxylic acids is 1. The quantitative estimate of drug-likeness (QED) is 0.671. The van der Waals surface area contributed by atoms with Crippen LogP contribution in [0.25, 0.3) is 0 Å². The van der Waals surface area contributed by atoms with E-state index in [1.807, 2.05) is 50.2 Å². The molecular weight excluding hydrogens is 280 g/mol. The summed E-state index contributed by atoms with van der Waals surface area (Å²) in [6, 6.07) is 11.5. The fourth-order valence-electron chi connectivity index (χ4n) is 2.23. The molecule has 0 bridgehead atoms. The van der Waals surface area contributed by atoms with E-state index >= 15 is 0 Å². The number of aryl methyl sites for hydroxylation is 2. The fourth-order valence-corrected chi connectivity index (χ4v) is 2.54. The zero-order chi connectivity index (χ0) is 15.8. The Morgan fingerprint density at radius 1 is 0.952 bits per heavy atom. The van der Waals surface area contributed by atoms with Crippen molar-refractivity contribution in [2.45, 2.75) is 40.0 Å². The molecule has 0 fully saturated rings. The Balaban J connectivity index is 2.39. The molecule has 2 rings (SSSR count). The number of ketones is 1. The van der Waals surface area contributed by atoms with E-state index in [0.717, 1.165) is 11.1 Å². The molecule has 0 N–H and O–H groups in total. The zero-order valence-electron chi connectivity index (χ0n) is 13.3. The highest BCUT2D eigenvalue weighted by atomic mass is 35.5. The van der Waals surface area contributed by atoms with Gasteiger partial charge in [0.15, 0.2) is 5.78 Å². The number of benzene rings is 2. The van der Waals surface area contributed by atoms with Gasteiger partial charge in [0.2, 0.25) is 0 Å². The summed E-state index contributed by atoms with van der Waals surface area (Å²) in [6.45, 7) is 10.5. The first-order chi connectivity index (χ1) is 9.70. The average Bonchev–Trinajstić information content (AvgIpc) is 2.41. The fraction of sp³-hybridized carbons (Fsp3) is 0.316. The van der Waals surface area contributed by atoms with Gasteiger partial charge in [0.25, 0.3) is 0 Å². The van der Waals surface area contributed by atoms with Crippen LogP contribution in [0.2, 0.25) is 5.02 Å². The molecule has 0 unspecified atom stereocenters. The standard InChI is InChI=1S/C19H21ClO/c1-12-10-16(17(20)11-13(12)2)18(21)14-6-8-15(9-7-14)19(3,4)5/h6-11H,1-5H3. The average molecular weight is 301 g/mol. The number of halogens is 1. The van der Waals surface area contributed by atoms with Gasteiger partial charge < -0.3 is 0 Å². The van der Waals surface area contributed by atoms with Gasteiger partial charge in [0, 0.05) is 11.1 Å². The highest BCUT2D eigenvalue weighted by Crippen LogP contribution is 2.26. The van der Waals surface area contributed by atoms with Gasteiger partial charge in [-0.15, -0.1) is 0 Å². The number of hydrogen-bond acceptors (Lipinski definition) is 1. The third-order valence-electron chi connectivity index (χ3n) is 3.84. The first-order valence-electron chi connectivity index (χ1n) is 7.12. The van der Waals surface area contributed by atoms with Crippen molar-refractivity contribution in [2.24, 2.45) is 0 Å². The summed E-state index contributed by atoms with van der Waals surface area (Å²) >= 11 is 6.23. The molecule has 0 amide bonds. The van der Waals surface area contributed by atoms with Gasteiger partial charge in [-0.1, -0.05) is 56.6 Å². The Hall–Kier alpha value is -1.60. The molecule has 21 heavy (non-hydrogen) atoms. The van der Waals surface area contributed by atoms with Crippen LogP contribution in [0.1, 0.15) is 53.4 Å². The number of rotatable bonds is 2. The van der Waals surface area contributed by atoms with Crippen molar-refractivity contribution < 1.29 is 4.79 Å². The largest absolute Gasteiger partial charge is 0.289 e. The van der Waals surface area contributed by atoms with Gasteiger partial charge in [-0.3, -0.25) is 4.79 Å². The van der Waals surface area contributed by atoms with Crippen molar-refractivity contribution in [1.29, 1.82) is 0 Å². The van der Waals surface area contributed by atoms with E-state index in [1.165, 1.54) is 5.56 Å². The van der Waals surface area contributed by atoms with Crippen LogP contribution in [0.5, 0.6) is 0 Å². The van der Waals surface area contributed by atoms with Crippen molar-refractivity contribution in [3.05, 3.63) is 69.2 Å². The number of hydrogen-bond donors (Lipinski definition) is 0. The Morgan fingerprint density at radius 2 is 1.48 bits per heavy atom. The predicted octanol–water partition coefficient (Wildman–Crippen LogP) is 5.49. The zero-order valence-corrected chi connectivity index (χ0v) is 14.0. The lowest BCUT2D eigenvalue weighted by atomic mass is 9.86. The van der Waals surface area contributed by atoms with Crippen LogP contribution in [0.4, 0.5) is 0 Å². The third-order valence-corrected chi connectivity index (χ3v) is 4.15. The van der Waals surface area contributed by atoms with Crippen LogP contribution in [0, 0.1) is 13.8 Å². The molecule has 0 saturated carbocycles. The molecule has 0 saturated heterocycles. The first kappa shape index (κ1) is 15.8. The van der Waals surface area contributed by atoms with E-state index in [0.29, 0.717) is 16.1 Å². The molecule has 110 valence electrons. The highest BCUT2D eigenvalue weighted by Gasteiger charge is 2.17. The Kier molecular flexibility index (Phi) is 4.25. The molecule has 0 spiro atoms. The first-order valence-corrected chi connectivity index (χ1v) is 7.50.